The molecule has 3 rings (SSSR count). The summed E-state index contributed by atoms with van der Waals surface area (Å²) in [6, 6.07) is 13.9. The maximum atomic E-state index is 8.83. The third kappa shape index (κ3) is 3.07. The maximum absolute atomic E-state index is 8.83. The van der Waals surface area contributed by atoms with Gasteiger partial charge in [-0.2, -0.15) is 5.26 Å². The van der Waals surface area contributed by atoms with Gasteiger partial charge in [-0.25, -0.2) is 4.98 Å². The lowest BCUT2D eigenvalue weighted by Crippen LogP contribution is -2.38. The summed E-state index contributed by atoms with van der Waals surface area (Å²) in [5.41, 5.74) is 1.73. The van der Waals surface area contributed by atoms with Crippen molar-refractivity contribution in [1.82, 2.24) is 4.98 Å². The fourth-order valence-electron chi connectivity index (χ4n) is 2.42. The van der Waals surface area contributed by atoms with Crippen LogP contribution in [0.3, 0.4) is 0 Å². The summed E-state index contributed by atoms with van der Waals surface area (Å²) in [6.45, 7) is 2.22. The predicted octanol–water partition coefficient (Wildman–Crippen LogP) is 3.29. The highest BCUT2D eigenvalue weighted by molar-refractivity contribution is 9.10. The molecule has 4 nitrogen and oxygen atoms in total. The van der Waals surface area contributed by atoms with E-state index in [0.717, 1.165) is 28.9 Å². The standard InChI is InChI=1S/C16H14BrN3O/c17-14-4-2-1-3-13(14)15-11-20(7-8-21-15)16-6-5-12(9-18)10-19-16/h1-6,10,15H,7-8,11H2/t15-/m1/s1. The number of nitrogens with zero attached hydrogens (tertiary/aromatic N) is 3. The van der Waals surface area contributed by atoms with E-state index in [1.165, 1.54) is 0 Å². The molecule has 0 amide bonds. The minimum Gasteiger partial charge on any atom is -0.370 e. The van der Waals surface area contributed by atoms with E-state index in [0.29, 0.717) is 12.2 Å². The van der Waals surface area contributed by atoms with Crippen molar-refractivity contribution in [1.29, 1.82) is 5.26 Å². The second-order valence-corrected chi connectivity index (χ2v) is 5.70. The normalized spacial score (nSPS) is 18.3. The van der Waals surface area contributed by atoms with Gasteiger partial charge in [0, 0.05) is 23.8 Å². The van der Waals surface area contributed by atoms with Crippen LogP contribution >= 0.6 is 15.9 Å². The summed E-state index contributed by atoms with van der Waals surface area (Å²) in [6.07, 6.45) is 1.63. The zero-order valence-corrected chi connectivity index (χ0v) is 13.0. The number of benzene rings is 1. The molecule has 0 aliphatic carbocycles. The molecule has 1 atom stereocenters. The smallest absolute Gasteiger partial charge is 0.128 e. The summed E-state index contributed by atoms with van der Waals surface area (Å²) in [7, 11) is 0. The number of aromatic nitrogens is 1. The van der Waals surface area contributed by atoms with Gasteiger partial charge < -0.3 is 9.64 Å². The summed E-state index contributed by atoms with van der Waals surface area (Å²) < 4.78 is 6.95. The number of anilines is 1. The van der Waals surface area contributed by atoms with Crippen LogP contribution in [0.15, 0.2) is 47.1 Å². The van der Waals surface area contributed by atoms with Crippen LogP contribution in [0.4, 0.5) is 5.82 Å². The van der Waals surface area contributed by atoms with Crippen molar-refractivity contribution < 1.29 is 4.74 Å². The van der Waals surface area contributed by atoms with Crippen LogP contribution < -0.4 is 4.90 Å². The zero-order valence-electron chi connectivity index (χ0n) is 11.4. The monoisotopic (exact) mass is 343 g/mol. The van der Waals surface area contributed by atoms with E-state index in [2.05, 4.69) is 37.9 Å². The molecule has 1 saturated heterocycles. The molecular formula is C16H14BrN3O. The van der Waals surface area contributed by atoms with Gasteiger partial charge in [-0.3, -0.25) is 0 Å². The molecular weight excluding hydrogens is 330 g/mol. The van der Waals surface area contributed by atoms with Gasteiger partial charge in [0.15, 0.2) is 0 Å². The number of hydrogen-bond acceptors (Lipinski definition) is 4. The lowest BCUT2D eigenvalue weighted by atomic mass is 10.1. The number of hydrogen-bond donors (Lipinski definition) is 0. The molecule has 1 aliphatic heterocycles. The molecule has 1 aliphatic rings. The van der Waals surface area contributed by atoms with Gasteiger partial charge in [0.2, 0.25) is 0 Å². The lowest BCUT2D eigenvalue weighted by molar-refractivity contribution is 0.0391. The molecule has 0 spiro atoms. The van der Waals surface area contributed by atoms with Crippen molar-refractivity contribution in [2.45, 2.75) is 6.10 Å². The van der Waals surface area contributed by atoms with Crippen LogP contribution in [0.25, 0.3) is 0 Å². The number of morpholine rings is 1. The second-order valence-electron chi connectivity index (χ2n) is 4.84. The van der Waals surface area contributed by atoms with Crippen molar-refractivity contribution in [2.75, 3.05) is 24.6 Å². The Morgan fingerprint density at radius 2 is 2.14 bits per heavy atom. The molecule has 21 heavy (non-hydrogen) atoms. The fraction of sp³-hybridized carbons (Fsp3) is 0.250. The molecule has 0 unspecified atom stereocenters. The van der Waals surface area contributed by atoms with E-state index in [1.54, 1.807) is 12.3 Å². The quantitative estimate of drug-likeness (QED) is 0.839. The Bertz CT molecular complexity index is 666. The van der Waals surface area contributed by atoms with E-state index in [-0.39, 0.29) is 6.10 Å². The Morgan fingerprint density at radius 1 is 1.29 bits per heavy atom. The van der Waals surface area contributed by atoms with Gasteiger partial charge in [0.25, 0.3) is 0 Å². The summed E-state index contributed by atoms with van der Waals surface area (Å²) >= 11 is 3.58. The highest BCUT2D eigenvalue weighted by Gasteiger charge is 2.24. The van der Waals surface area contributed by atoms with E-state index < -0.39 is 0 Å². The largest absolute Gasteiger partial charge is 0.370 e. The van der Waals surface area contributed by atoms with Crippen LogP contribution in [0.2, 0.25) is 0 Å². The first kappa shape index (κ1) is 14.1. The van der Waals surface area contributed by atoms with E-state index >= 15 is 0 Å². The van der Waals surface area contributed by atoms with Crippen molar-refractivity contribution in [3.63, 3.8) is 0 Å². The Kier molecular flexibility index (Phi) is 4.18. The van der Waals surface area contributed by atoms with Gasteiger partial charge in [0.05, 0.1) is 12.2 Å². The first-order chi connectivity index (χ1) is 10.3. The molecule has 2 heterocycles. The minimum absolute atomic E-state index is 0.0202. The molecule has 1 fully saturated rings. The molecule has 0 bridgehead atoms. The average molecular weight is 344 g/mol. The van der Waals surface area contributed by atoms with Crippen molar-refractivity contribution in [3.8, 4) is 6.07 Å². The molecule has 0 N–H and O–H groups in total. The van der Waals surface area contributed by atoms with E-state index in [4.69, 9.17) is 10.00 Å². The molecule has 1 aromatic carbocycles. The summed E-state index contributed by atoms with van der Waals surface area (Å²) in [5, 5.41) is 8.83. The molecule has 2 aromatic rings. The molecule has 1 aromatic heterocycles. The highest BCUT2D eigenvalue weighted by Crippen LogP contribution is 2.30. The summed E-state index contributed by atoms with van der Waals surface area (Å²) in [4.78, 5) is 6.55. The summed E-state index contributed by atoms with van der Waals surface area (Å²) in [5.74, 6) is 0.884. The van der Waals surface area contributed by atoms with Crippen LogP contribution in [0, 0.1) is 11.3 Å². The molecule has 5 heteroatoms. The number of halogens is 1. The van der Waals surface area contributed by atoms with Crippen molar-refractivity contribution in [3.05, 3.63) is 58.2 Å². The first-order valence-electron chi connectivity index (χ1n) is 6.75. The SMILES string of the molecule is N#Cc1ccc(N2CCO[C@@H](c3ccccc3Br)C2)nc1. The number of ether oxygens (including phenoxy) is 1. The minimum atomic E-state index is 0.0202. The fourth-order valence-corrected chi connectivity index (χ4v) is 2.96. The van der Waals surface area contributed by atoms with E-state index in [9.17, 15) is 0 Å². The third-order valence-corrected chi connectivity index (χ3v) is 4.24. The molecule has 0 radical (unpaired) electrons. The van der Waals surface area contributed by atoms with Crippen LogP contribution in [0.5, 0.6) is 0 Å². The number of pyridine rings is 1. The van der Waals surface area contributed by atoms with Gasteiger partial charge in [-0.05, 0) is 23.8 Å². The Balaban J connectivity index is 1.79. The van der Waals surface area contributed by atoms with Crippen LogP contribution in [0.1, 0.15) is 17.2 Å². The first-order valence-corrected chi connectivity index (χ1v) is 7.54. The third-order valence-electron chi connectivity index (χ3n) is 3.52. The highest BCUT2D eigenvalue weighted by atomic mass is 79.9. The van der Waals surface area contributed by atoms with E-state index in [1.807, 2.05) is 24.3 Å². The maximum Gasteiger partial charge on any atom is 0.128 e. The van der Waals surface area contributed by atoms with Gasteiger partial charge in [0.1, 0.15) is 18.0 Å². The van der Waals surface area contributed by atoms with Crippen molar-refractivity contribution in [2.24, 2.45) is 0 Å². The lowest BCUT2D eigenvalue weighted by Gasteiger charge is -2.34. The second kappa shape index (κ2) is 6.25. The number of rotatable bonds is 2. The topological polar surface area (TPSA) is 49.2 Å². The molecule has 0 saturated carbocycles. The van der Waals surface area contributed by atoms with Crippen LogP contribution in [-0.4, -0.2) is 24.7 Å². The Labute approximate surface area is 132 Å². The van der Waals surface area contributed by atoms with Gasteiger partial charge >= 0.3 is 0 Å². The molecule has 106 valence electrons. The van der Waals surface area contributed by atoms with Gasteiger partial charge in [-0.15, -0.1) is 0 Å². The van der Waals surface area contributed by atoms with Crippen LogP contribution in [-0.2, 0) is 4.74 Å². The van der Waals surface area contributed by atoms with Gasteiger partial charge in [-0.1, -0.05) is 34.1 Å². The zero-order chi connectivity index (χ0) is 14.7. The predicted molar refractivity (Wildman–Crippen MR) is 84.0 cm³/mol. The Morgan fingerprint density at radius 3 is 2.86 bits per heavy atom. The Hall–Kier alpha value is -1.90. The number of nitriles is 1. The van der Waals surface area contributed by atoms with Crippen molar-refractivity contribution >= 4 is 21.7 Å². The average Bonchev–Trinajstić information content (AvgIpc) is 2.55.